The lowest BCUT2D eigenvalue weighted by Crippen LogP contribution is -2.58. The van der Waals surface area contributed by atoms with E-state index in [0.29, 0.717) is 16.9 Å². The van der Waals surface area contributed by atoms with E-state index in [0.717, 1.165) is 54.9 Å². The maximum absolute atomic E-state index is 11.6. The Kier molecular flexibility index (Phi) is 7.78. The van der Waals surface area contributed by atoms with Crippen LogP contribution < -0.4 is 0 Å². The molecule has 7 unspecified atom stereocenters. The number of fused-ring (bicyclic) bond motifs is 5. The molecule has 4 saturated carbocycles. The number of carboxylic acid groups (broad SMARTS) is 1. The number of aliphatic hydroxyl groups excluding tert-OH is 1. The number of hydrogen-bond acceptors (Lipinski definition) is 3. The highest BCUT2D eigenvalue weighted by atomic mass is 127. The zero-order chi connectivity index (χ0) is 26.4. The van der Waals surface area contributed by atoms with Gasteiger partial charge in [0.15, 0.2) is 0 Å². The molecule has 4 nitrogen and oxygen atoms in total. The Bertz CT molecular complexity index is 1060. The number of halogens is 1. The molecular formula is C32H46INO3. The van der Waals surface area contributed by atoms with Gasteiger partial charge in [-0.2, -0.15) is 0 Å². The molecule has 5 heteroatoms. The van der Waals surface area contributed by atoms with Gasteiger partial charge in [-0.25, -0.2) is 4.79 Å². The molecule has 0 amide bonds. The van der Waals surface area contributed by atoms with Gasteiger partial charge in [-0.15, -0.1) is 0 Å². The van der Waals surface area contributed by atoms with Crippen LogP contribution in [0.4, 0.5) is 0 Å². The molecular weight excluding hydrogens is 573 g/mol. The predicted molar refractivity (Wildman–Crippen MR) is 158 cm³/mol. The Morgan fingerprint density at radius 1 is 1.08 bits per heavy atom. The number of carbonyl (C=O) groups is 1. The molecule has 0 aliphatic heterocycles. The monoisotopic (exact) mass is 619 g/mol. The van der Waals surface area contributed by atoms with Crippen molar-refractivity contribution in [2.75, 3.05) is 0 Å². The molecule has 1 aromatic rings. The van der Waals surface area contributed by atoms with E-state index >= 15 is 0 Å². The molecule has 0 aromatic heterocycles. The van der Waals surface area contributed by atoms with E-state index < -0.39 is 27.0 Å². The first kappa shape index (κ1) is 27.5. The van der Waals surface area contributed by atoms with Crippen molar-refractivity contribution in [1.29, 1.82) is 3.56 Å². The van der Waals surface area contributed by atoms with Crippen molar-refractivity contribution in [2.45, 2.75) is 101 Å². The summed E-state index contributed by atoms with van der Waals surface area (Å²) in [5.41, 5.74) is 1.78. The molecule has 4 fully saturated rings. The molecule has 4 aliphatic carbocycles. The first-order chi connectivity index (χ1) is 17.7. The number of allylic oxidation sites excluding steroid dienone is 1. The predicted octanol–water partition coefficient (Wildman–Crippen LogP) is 8.69. The Labute approximate surface area is 233 Å². The number of carboxylic acids is 1. The van der Waals surface area contributed by atoms with Crippen molar-refractivity contribution in [3.8, 4) is 0 Å². The molecule has 37 heavy (non-hydrogen) atoms. The normalized spacial score (nSPS) is 43.2. The van der Waals surface area contributed by atoms with Crippen LogP contribution in [0.5, 0.6) is 0 Å². The van der Waals surface area contributed by atoms with E-state index in [4.69, 9.17) is 3.56 Å². The third kappa shape index (κ3) is 4.48. The van der Waals surface area contributed by atoms with Crippen molar-refractivity contribution < 1.29 is 15.0 Å². The van der Waals surface area contributed by atoms with Gasteiger partial charge in [0, 0.05) is 3.42 Å². The fourth-order valence-corrected chi connectivity index (χ4v) is 12.4. The number of hydrogen-bond donors (Lipinski definition) is 3. The molecule has 0 spiro atoms. The molecule has 0 heterocycles. The van der Waals surface area contributed by atoms with Crippen LogP contribution in [-0.4, -0.2) is 25.7 Å². The number of rotatable bonds is 7. The van der Waals surface area contributed by atoms with E-state index in [1.54, 1.807) is 12.1 Å². The SMILES string of the molecule is CC[C@H]1CC2C(CCC3(C)C2CCC3(CC/C=C/c2ccccc2C(=O)O)I=N)C2(C)CC[C@@H](O)CC12. The van der Waals surface area contributed by atoms with E-state index in [9.17, 15) is 15.0 Å². The lowest BCUT2D eigenvalue weighted by atomic mass is 9.42. The van der Waals surface area contributed by atoms with Crippen molar-refractivity contribution in [2.24, 2.45) is 40.4 Å². The zero-order valence-corrected chi connectivity index (χ0v) is 25.0. The van der Waals surface area contributed by atoms with Crippen LogP contribution in [0.3, 0.4) is 0 Å². The molecule has 4 aliphatic rings. The van der Waals surface area contributed by atoms with Crippen molar-refractivity contribution in [3.05, 3.63) is 41.5 Å². The second-order valence-corrected chi connectivity index (χ2v) is 15.8. The highest BCUT2D eigenvalue weighted by Gasteiger charge is 2.65. The summed E-state index contributed by atoms with van der Waals surface area (Å²) in [6.07, 6.45) is 16.9. The third-order valence-electron chi connectivity index (χ3n) is 12.0. The Morgan fingerprint density at radius 3 is 2.57 bits per heavy atom. The van der Waals surface area contributed by atoms with Crippen molar-refractivity contribution in [3.63, 3.8) is 0 Å². The highest BCUT2D eigenvalue weighted by Crippen LogP contribution is 2.72. The second-order valence-electron chi connectivity index (χ2n) is 13.2. The van der Waals surface area contributed by atoms with Crippen LogP contribution in [0.15, 0.2) is 30.3 Å². The fraction of sp³-hybridized carbons (Fsp3) is 0.719. The van der Waals surface area contributed by atoms with Gasteiger partial charge >= 0.3 is 5.97 Å². The maximum Gasteiger partial charge on any atom is 0.336 e. The van der Waals surface area contributed by atoms with Crippen LogP contribution in [0.1, 0.15) is 107 Å². The minimum absolute atomic E-state index is 0.0970. The van der Waals surface area contributed by atoms with Gasteiger partial charge < -0.3 is 10.2 Å². The summed E-state index contributed by atoms with van der Waals surface area (Å²) < 4.78 is 9.05. The van der Waals surface area contributed by atoms with Gasteiger partial charge in [-0.05, 0) is 137 Å². The number of benzene rings is 1. The Morgan fingerprint density at radius 2 is 1.84 bits per heavy atom. The highest BCUT2D eigenvalue weighted by molar-refractivity contribution is 14.2. The lowest BCUT2D eigenvalue weighted by Gasteiger charge is -2.63. The molecule has 3 N–H and O–H groups in total. The number of aromatic carboxylic acids is 1. The molecule has 204 valence electrons. The quantitative estimate of drug-likeness (QED) is 0.211. The summed E-state index contributed by atoms with van der Waals surface area (Å²) in [7, 11) is 0. The molecule has 1 aromatic carbocycles. The topological polar surface area (TPSA) is 81.4 Å². The molecule has 9 atom stereocenters. The average molecular weight is 620 g/mol. The smallest absolute Gasteiger partial charge is 0.336 e. The lowest BCUT2D eigenvalue weighted by molar-refractivity contribution is -0.148. The van der Waals surface area contributed by atoms with Gasteiger partial charge in [-0.3, -0.25) is 3.56 Å². The molecule has 0 bridgehead atoms. The zero-order valence-electron chi connectivity index (χ0n) is 22.9. The molecule has 0 radical (unpaired) electrons. The summed E-state index contributed by atoms with van der Waals surface area (Å²) in [5.74, 6) is 2.86. The standard InChI is InChI=1S/C32H46INO3/c1-4-21-19-25-26(30(2)16-12-23(35)20-28(21)30)13-17-31(3)27(25)14-18-32(31,33-34)15-8-7-10-22-9-5-6-11-24(22)29(36)37/h5-7,9-11,21,23,25-28,34-35H,4,8,12-20H2,1-3H3,(H,36,37)/b10-7+/t21-,23+,25?,26?,27?,28?,30?,31?,32?/m0/s1. The van der Waals surface area contributed by atoms with Gasteiger partial charge in [-0.1, -0.05) is 57.5 Å². The number of alkyl halides is 1. The van der Waals surface area contributed by atoms with Gasteiger partial charge in [0.1, 0.15) is 0 Å². The van der Waals surface area contributed by atoms with Crippen LogP contribution in [-0.2, 0) is 0 Å². The summed E-state index contributed by atoms with van der Waals surface area (Å²) in [6.45, 7) is 7.53. The van der Waals surface area contributed by atoms with E-state index in [2.05, 4.69) is 26.8 Å². The van der Waals surface area contributed by atoms with Gasteiger partial charge in [0.25, 0.3) is 0 Å². The third-order valence-corrected chi connectivity index (χ3v) is 15.3. The second kappa shape index (κ2) is 10.5. The summed E-state index contributed by atoms with van der Waals surface area (Å²) >= 11 is -0.655. The van der Waals surface area contributed by atoms with E-state index in [-0.39, 0.29) is 14.9 Å². The minimum atomic E-state index is -0.877. The number of nitrogens with one attached hydrogen (secondary N) is 1. The Balaban J connectivity index is 1.35. The van der Waals surface area contributed by atoms with Crippen LogP contribution >= 0.6 is 21.0 Å². The largest absolute Gasteiger partial charge is 0.478 e. The number of aliphatic hydroxyl groups is 1. The summed E-state index contributed by atoms with van der Waals surface area (Å²) in [5, 5.41) is 20.0. The van der Waals surface area contributed by atoms with Crippen LogP contribution in [0, 0.1) is 44.0 Å². The first-order valence-electron chi connectivity index (χ1n) is 14.7. The Hall–Kier alpha value is -1.08. The van der Waals surface area contributed by atoms with Gasteiger partial charge in [0.05, 0.1) is 11.7 Å². The summed E-state index contributed by atoms with van der Waals surface area (Å²) in [4.78, 5) is 11.6. The van der Waals surface area contributed by atoms with Gasteiger partial charge in [0.2, 0.25) is 0 Å². The minimum Gasteiger partial charge on any atom is -0.478 e. The van der Waals surface area contributed by atoms with Crippen molar-refractivity contribution in [1.82, 2.24) is 0 Å². The van der Waals surface area contributed by atoms with E-state index in [1.807, 2.05) is 18.2 Å². The van der Waals surface area contributed by atoms with E-state index in [1.165, 1.54) is 44.9 Å². The maximum atomic E-state index is 11.6. The summed E-state index contributed by atoms with van der Waals surface area (Å²) in [6, 6.07) is 7.23. The van der Waals surface area contributed by atoms with Crippen molar-refractivity contribution >= 4 is 33.1 Å². The molecule has 0 saturated heterocycles. The average Bonchev–Trinajstić information content (AvgIpc) is 3.19. The van der Waals surface area contributed by atoms with Crippen LogP contribution in [0.25, 0.3) is 6.08 Å². The first-order valence-corrected chi connectivity index (χ1v) is 16.8. The van der Waals surface area contributed by atoms with Crippen LogP contribution in [0.2, 0.25) is 0 Å². The fourth-order valence-electron chi connectivity index (χ4n) is 9.99. The molecule has 5 rings (SSSR count).